The third-order valence-electron chi connectivity index (χ3n) is 3.43. The summed E-state index contributed by atoms with van der Waals surface area (Å²) in [6.07, 6.45) is 3.69. The number of benzene rings is 1. The number of nitrogens with one attached hydrogen (secondary N) is 1. The highest BCUT2D eigenvalue weighted by Crippen LogP contribution is 2.34. The smallest absolute Gasteiger partial charge is 0.248 e. The average molecular weight is 276 g/mol. The minimum atomic E-state index is 0.531. The van der Waals surface area contributed by atoms with Crippen LogP contribution in [0.1, 0.15) is 5.89 Å². The predicted octanol–water partition coefficient (Wildman–Crippen LogP) is 3.59. The van der Waals surface area contributed by atoms with Gasteiger partial charge >= 0.3 is 0 Å². The predicted molar refractivity (Wildman–Crippen MR) is 79.6 cm³/mol. The van der Waals surface area contributed by atoms with Crippen LogP contribution in [0.3, 0.4) is 0 Å². The summed E-state index contributed by atoms with van der Waals surface area (Å²) < 4.78 is 5.58. The van der Waals surface area contributed by atoms with Gasteiger partial charge in [0.2, 0.25) is 11.8 Å². The molecule has 4 aromatic rings. The molecule has 0 aliphatic rings. The number of H-pyrrole nitrogens is 1. The van der Waals surface area contributed by atoms with E-state index >= 15 is 0 Å². The van der Waals surface area contributed by atoms with E-state index in [1.807, 2.05) is 36.5 Å². The molecule has 5 heteroatoms. The lowest BCUT2D eigenvalue weighted by Crippen LogP contribution is -1.87. The van der Waals surface area contributed by atoms with Gasteiger partial charge in [0.25, 0.3) is 0 Å². The Morgan fingerprint density at radius 2 is 1.81 bits per heavy atom. The van der Waals surface area contributed by atoms with Crippen molar-refractivity contribution in [3.63, 3.8) is 0 Å². The zero-order valence-corrected chi connectivity index (χ0v) is 11.4. The molecule has 0 saturated heterocycles. The van der Waals surface area contributed by atoms with Gasteiger partial charge in [0.1, 0.15) is 5.65 Å². The molecular weight excluding hydrogens is 264 g/mol. The van der Waals surface area contributed by atoms with E-state index in [-0.39, 0.29) is 0 Å². The van der Waals surface area contributed by atoms with Gasteiger partial charge in [0.15, 0.2) is 0 Å². The summed E-state index contributed by atoms with van der Waals surface area (Å²) in [5, 5.41) is 9.12. The Morgan fingerprint density at radius 1 is 0.952 bits per heavy atom. The van der Waals surface area contributed by atoms with Crippen LogP contribution in [0.15, 0.2) is 53.2 Å². The van der Waals surface area contributed by atoms with Crippen molar-refractivity contribution in [3.8, 4) is 22.6 Å². The quantitative estimate of drug-likeness (QED) is 0.607. The molecule has 102 valence electrons. The second-order valence-corrected chi connectivity index (χ2v) is 4.77. The van der Waals surface area contributed by atoms with Crippen LogP contribution in [0.2, 0.25) is 0 Å². The molecule has 0 aliphatic carbocycles. The van der Waals surface area contributed by atoms with Crippen LogP contribution in [-0.4, -0.2) is 20.2 Å². The molecule has 5 nitrogen and oxygen atoms in total. The summed E-state index contributed by atoms with van der Waals surface area (Å²) in [6.45, 7) is 1.79. The third kappa shape index (κ3) is 1.90. The first-order valence-electron chi connectivity index (χ1n) is 6.65. The van der Waals surface area contributed by atoms with Gasteiger partial charge in [-0.15, -0.1) is 10.2 Å². The lowest BCUT2D eigenvalue weighted by Gasteiger charge is -2.07. The molecule has 21 heavy (non-hydrogen) atoms. The van der Waals surface area contributed by atoms with Crippen LogP contribution in [0.4, 0.5) is 0 Å². The van der Waals surface area contributed by atoms with E-state index in [4.69, 9.17) is 4.42 Å². The van der Waals surface area contributed by atoms with Gasteiger partial charge in [-0.1, -0.05) is 18.2 Å². The van der Waals surface area contributed by atoms with E-state index in [0.29, 0.717) is 11.8 Å². The maximum absolute atomic E-state index is 5.58. The van der Waals surface area contributed by atoms with Gasteiger partial charge in [-0.25, -0.2) is 4.98 Å². The van der Waals surface area contributed by atoms with E-state index in [2.05, 4.69) is 26.2 Å². The van der Waals surface area contributed by atoms with Crippen molar-refractivity contribution in [2.24, 2.45) is 0 Å². The lowest BCUT2D eigenvalue weighted by atomic mass is 9.98. The highest BCUT2D eigenvalue weighted by Gasteiger charge is 2.14. The van der Waals surface area contributed by atoms with Crippen molar-refractivity contribution in [2.45, 2.75) is 6.92 Å². The second-order valence-electron chi connectivity index (χ2n) is 4.77. The first-order chi connectivity index (χ1) is 10.3. The van der Waals surface area contributed by atoms with E-state index in [0.717, 1.165) is 27.7 Å². The average Bonchev–Trinajstić information content (AvgIpc) is 3.15. The normalized spacial score (nSPS) is 11.1. The van der Waals surface area contributed by atoms with Crippen LogP contribution >= 0.6 is 0 Å². The summed E-state index contributed by atoms with van der Waals surface area (Å²) in [6, 6.07) is 12.0. The van der Waals surface area contributed by atoms with Crippen LogP contribution < -0.4 is 0 Å². The summed E-state index contributed by atoms with van der Waals surface area (Å²) in [7, 11) is 0. The zero-order valence-electron chi connectivity index (χ0n) is 11.4. The summed E-state index contributed by atoms with van der Waals surface area (Å²) in [5.41, 5.74) is 3.93. The number of aromatic amines is 1. The number of aryl methyl sites for hydroxylation is 1. The highest BCUT2D eigenvalue weighted by molar-refractivity contribution is 5.96. The van der Waals surface area contributed by atoms with Crippen molar-refractivity contribution >= 4 is 11.0 Å². The molecule has 0 saturated carbocycles. The third-order valence-corrected chi connectivity index (χ3v) is 3.43. The van der Waals surface area contributed by atoms with Gasteiger partial charge in [-0.2, -0.15) is 0 Å². The van der Waals surface area contributed by atoms with Gasteiger partial charge in [0.05, 0.1) is 0 Å². The zero-order chi connectivity index (χ0) is 14.2. The highest BCUT2D eigenvalue weighted by atomic mass is 16.4. The molecule has 0 unspecified atom stereocenters. The van der Waals surface area contributed by atoms with Crippen LogP contribution in [0, 0.1) is 6.92 Å². The molecular formula is C16H12N4O. The number of hydrogen-bond donors (Lipinski definition) is 1. The lowest BCUT2D eigenvalue weighted by molar-refractivity contribution is 0.533. The minimum Gasteiger partial charge on any atom is -0.421 e. The molecule has 4 rings (SSSR count). The van der Waals surface area contributed by atoms with Crippen molar-refractivity contribution in [2.75, 3.05) is 0 Å². The van der Waals surface area contributed by atoms with Gasteiger partial charge < -0.3 is 9.40 Å². The van der Waals surface area contributed by atoms with E-state index < -0.39 is 0 Å². The number of hydrogen-bond acceptors (Lipinski definition) is 4. The Balaban J connectivity index is 1.99. The Morgan fingerprint density at radius 3 is 2.62 bits per heavy atom. The monoisotopic (exact) mass is 276 g/mol. The second kappa shape index (κ2) is 4.56. The fourth-order valence-corrected chi connectivity index (χ4v) is 2.51. The van der Waals surface area contributed by atoms with Gasteiger partial charge in [-0.05, 0) is 29.3 Å². The number of pyridine rings is 1. The first-order valence-corrected chi connectivity index (χ1v) is 6.65. The fraction of sp³-hybridized carbons (Fsp3) is 0.0625. The summed E-state index contributed by atoms with van der Waals surface area (Å²) >= 11 is 0. The van der Waals surface area contributed by atoms with Crippen molar-refractivity contribution in [1.82, 2.24) is 20.2 Å². The van der Waals surface area contributed by atoms with Crippen molar-refractivity contribution < 1.29 is 4.42 Å². The molecule has 0 radical (unpaired) electrons. The summed E-state index contributed by atoms with van der Waals surface area (Å²) in [4.78, 5) is 7.46. The Hall–Kier alpha value is -2.95. The van der Waals surface area contributed by atoms with Crippen LogP contribution in [0.25, 0.3) is 33.6 Å². The van der Waals surface area contributed by atoms with Crippen molar-refractivity contribution in [3.05, 3.63) is 54.7 Å². The Bertz CT molecular complexity index is 923. The molecule has 0 aliphatic heterocycles. The molecule has 0 fully saturated rings. The number of fused-ring (bicyclic) bond motifs is 1. The van der Waals surface area contributed by atoms with Gasteiger partial charge in [0, 0.05) is 30.3 Å². The largest absolute Gasteiger partial charge is 0.421 e. The molecule has 0 spiro atoms. The molecule has 0 atom stereocenters. The molecule has 0 amide bonds. The topological polar surface area (TPSA) is 67.6 Å². The Labute approximate surface area is 120 Å². The Kier molecular flexibility index (Phi) is 2.57. The first kappa shape index (κ1) is 11.8. The minimum absolute atomic E-state index is 0.531. The van der Waals surface area contributed by atoms with Gasteiger partial charge in [-0.3, -0.25) is 0 Å². The van der Waals surface area contributed by atoms with Crippen LogP contribution in [0.5, 0.6) is 0 Å². The molecule has 1 N–H and O–H groups in total. The number of aromatic nitrogens is 4. The number of rotatable bonds is 2. The van der Waals surface area contributed by atoms with E-state index in [1.165, 1.54) is 0 Å². The molecule has 3 heterocycles. The molecule has 3 aromatic heterocycles. The van der Waals surface area contributed by atoms with Crippen LogP contribution in [-0.2, 0) is 0 Å². The number of nitrogens with zero attached hydrogens (tertiary/aromatic N) is 3. The van der Waals surface area contributed by atoms with E-state index in [1.54, 1.807) is 13.1 Å². The standard InChI is InChI=1S/C16H12N4O/c1-10-19-20-16(21-10)14-5-3-2-4-11(14)12-6-8-17-15-13(12)7-9-18-15/h2-9H,1H3,(H,17,18). The SMILES string of the molecule is Cc1nnc(-c2ccccc2-c2ccnc3[nH]ccc23)o1. The van der Waals surface area contributed by atoms with Crippen molar-refractivity contribution in [1.29, 1.82) is 0 Å². The summed E-state index contributed by atoms with van der Waals surface area (Å²) in [5.74, 6) is 1.09. The fourth-order valence-electron chi connectivity index (χ4n) is 2.51. The maximum atomic E-state index is 5.58. The molecule has 0 bridgehead atoms. The maximum Gasteiger partial charge on any atom is 0.248 e. The molecule has 1 aromatic carbocycles. The van der Waals surface area contributed by atoms with E-state index in [9.17, 15) is 0 Å².